The van der Waals surface area contributed by atoms with Gasteiger partial charge in [-0.25, -0.2) is 9.57 Å². The van der Waals surface area contributed by atoms with Crippen molar-refractivity contribution in [3.05, 3.63) is 46.1 Å². The summed E-state index contributed by atoms with van der Waals surface area (Å²) in [5, 5.41) is 2.36. The molecule has 0 bridgehead atoms. The zero-order chi connectivity index (χ0) is 23.7. The molecule has 0 N–H and O–H groups in total. The first-order chi connectivity index (χ1) is 16.5. The van der Waals surface area contributed by atoms with Crippen LogP contribution in [0.4, 0.5) is 11.4 Å². The van der Waals surface area contributed by atoms with Crippen LogP contribution in [0.1, 0.15) is 77.3 Å². The molecule has 3 aliphatic rings. The molecular weight excluding hydrogens is 418 g/mol. The standard InChI is InChI=1S/C30H42N3O/c1-21(2)9-5-13-32-15-7-11-23-17-25-29(19-27(23)32)34-30-20-28-24(18-26(30)31-25)12-8-16-33(28)14-6-10-22(3)4/h17-22H,5-16H2,1-4H3/q+1. The molecule has 4 nitrogen and oxygen atoms in total. The summed E-state index contributed by atoms with van der Waals surface area (Å²) in [6.07, 6.45) is 9.81. The van der Waals surface area contributed by atoms with Crippen molar-refractivity contribution in [3.8, 4) is 11.5 Å². The molecule has 0 aliphatic carbocycles. The minimum atomic E-state index is 0.766. The quantitative estimate of drug-likeness (QED) is 0.397. The Morgan fingerprint density at radius 3 is 2.53 bits per heavy atom. The largest absolute Gasteiger partial charge is 0.452 e. The van der Waals surface area contributed by atoms with Crippen LogP contribution in [-0.4, -0.2) is 26.2 Å². The molecule has 0 amide bonds. The molecule has 3 heterocycles. The van der Waals surface area contributed by atoms with Crippen molar-refractivity contribution in [2.24, 2.45) is 16.8 Å². The van der Waals surface area contributed by atoms with Gasteiger partial charge in [0.25, 0.3) is 0 Å². The number of anilines is 1. The van der Waals surface area contributed by atoms with Crippen LogP contribution in [0, 0.1) is 11.8 Å². The highest BCUT2D eigenvalue weighted by molar-refractivity contribution is 5.69. The Labute approximate surface area is 205 Å². The minimum absolute atomic E-state index is 0.766. The zero-order valence-electron chi connectivity index (χ0n) is 21.7. The van der Waals surface area contributed by atoms with E-state index in [0.717, 1.165) is 73.4 Å². The Kier molecular flexibility index (Phi) is 6.94. The molecule has 34 heavy (non-hydrogen) atoms. The van der Waals surface area contributed by atoms with Crippen molar-refractivity contribution in [1.82, 2.24) is 4.58 Å². The predicted octanol–water partition coefficient (Wildman–Crippen LogP) is 5.81. The first-order valence-corrected chi connectivity index (χ1v) is 13.7. The molecule has 0 saturated carbocycles. The lowest BCUT2D eigenvalue weighted by molar-refractivity contribution is 0.451. The minimum Gasteiger partial charge on any atom is -0.452 e. The molecule has 2 aromatic carbocycles. The van der Waals surface area contributed by atoms with Gasteiger partial charge in [0.1, 0.15) is 24.1 Å². The zero-order valence-corrected chi connectivity index (χ0v) is 21.7. The van der Waals surface area contributed by atoms with Gasteiger partial charge in [0.2, 0.25) is 5.36 Å². The Hall–Kier alpha value is -2.36. The Morgan fingerprint density at radius 2 is 1.71 bits per heavy atom. The second-order valence-corrected chi connectivity index (χ2v) is 11.4. The monoisotopic (exact) mass is 460 g/mol. The van der Waals surface area contributed by atoms with Gasteiger partial charge in [0, 0.05) is 43.2 Å². The number of ether oxygens (including phenoxy) is 1. The van der Waals surface area contributed by atoms with Gasteiger partial charge in [-0.05, 0) is 68.1 Å². The summed E-state index contributed by atoms with van der Waals surface area (Å²) in [5.74, 6) is 3.37. The number of nitrogens with zero attached hydrogens (tertiary/aromatic N) is 3. The third-order valence-corrected chi connectivity index (χ3v) is 7.63. The van der Waals surface area contributed by atoms with Crippen LogP contribution < -0.4 is 24.9 Å². The third-order valence-electron chi connectivity index (χ3n) is 7.63. The van der Waals surface area contributed by atoms with Gasteiger partial charge < -0.3 is 9.64 Å². The van der Waals surface area contributed by atoms with Crippen molar-refractivity contribution < 1.29 is 4.74 Å². The molecule has 0 spiro atoms. The van der Waals surface area contributed by atoms with Crippen LogP contribution in [0.3, 0.4) is 0 Å². The van der Waals surface area contributed by atoms with E-state index in [-0.39, 0.29) is 0 Å². The van der Waals surface area contributed by atoms with E-state index < -0.39 is 0 Å². The van der Waals surface area contributed by atoms with Crippen molar-refractivity contribution in [2.75, 3.05) is 31.1 Å². The molecule has 0 fully saturated rings. The first-order valence-electron chi connectivity index (χ1n) is 13.7. The van der Waals surface area contributed by atoms with E-state index in [1.54, 1.807) is 0 Å². The van der Waals surface area contributed by atoms with Crippen molar-refractivity contribution in [2.45, 2.75) is 79.1 Å². The van der Waals surface area contributed by atoms with Gasteiger partial charge in [-0.2, -0.15) is 0 Å². The van der Waals surface area contributed by atoms with Crippen LogP contribution in [0.25, 0.3) is 0 Å². The fraction of sp³-hybridized carbons (Fsp3) is 0.600. The summed E-state index contributed by atoms with van der Waals surface area (Å²) >= 11 is 0. The average molecular weight is 461 g/mol. The predicted molar refractivity (Wildman–Crippen MR) is 141 cm³/mol. The average Bonchev–Trinajstić information content (AvgIpc) is 2.80. The lowest BCUT2D eigenvalue weighted by Gasteiger charge is -2.32. The van der Waals surface area contributed by atoms with Gasteiger partial charge in [-0.1, -0.05) is 27.7 Å². The fourth-order valence-electron chi connectivity index (χ4n) is 5.78. The Morgan fingerprint density at radius 1 is 0.912 bits per heavy atom. The van der Waals surface area contributed by atoms with Gasteiger partial charge in [0.05, 0.1) is 6.07 Å². The SMILES string of the molecule is CC(C)CCCN1CCCc2cc3c(cc21)Oc1cc2c(cc1=N3)CCC[N+]=2CCCC(C)C. The van der Waals surface area contributed by atoms with E-state index in [4.69, 9.17) is 9.73 Å². The lowest BCUT2D eigenvalue weighted by Crippen LogP contribution is -2.39. The number of rotatable bonds is 8. The fourth-order valence-corrected chi connectivity index (χ4v) is 5.78. The van der Waals surface area contributed by atoms with Gasteiger partial charge in [0.15, 0.2) is 11.5 Å². The smallest absolute Gasteiger partial charge is 0.207 e. The van der Waals surface area contributed by atoms with E-state index in [1.165, 1.54) is 60.7 Å². The maximum Gasteiger partial charge on any atom is 0.207 e. The van der Waals surface area contributed by atoms with E-state index in [0.29, 0.717) is 0 Å². The molecule has 5 rings (SSSR count). The second kappa shape index (κ2) is 10.1. The van der Waals surface area contributed by atoms with Gasteiger partial charge in [-0.3, -0.25) is 0 Å². The highest BCUT2D eigenvalue weighted by Crippen LogP contribution is 2.41. The molecule has 0 unspecified atom stereocenters. The molecule has 2 aromatic rings. The highest BCUT2D eigenvalue weighted by atomic mass is 16.5. The number of hydrogen-bond donors (Lipinski definition) is 0. The van der Waals surface area contributed by atoms with Crippen LogP contribution in [-0.2, 0) is 12.8 Å². The van der Waals surface area contributed by atoms with E-state index >= 15 is 0 Å². The normalized spacial score (nSPS) is 16.5. The third kappa shape index (κ3) is 5.01. The Bertz CT molecular complexity index is 1160. The summed E-state index contributed by atoms with van der Waals surface area (Å²) < 4.78 is 9.12. The molecular formula is C30H42N3O+. The highest BCUT2D eigenvalue weighted by Gasteiger charge is 2.24. The summed E-state index contributed by atoms with van der Waals surface area (Å²) in [5.41, 5.74) is 5.22. The maximum atomic E-state index is 6.54. The number of benzene rings is 2. The second-order valence-electron chi connectivity index (χ2n) is 11.4. The molecule has 4 heteroatoms. The molecule has 0 aromatic heterocycles. The summed E-state index contributed by atoms with van der Waals surface area (Å²) in [4.78, 5) is 7.66. The van der Waals surface area contributed by atoms with Crippen LogP contribution >= 0.6 is 0 Å². The summed E-state index contributed by atoms with van der Waals surface area (Å²) in [6, 6.07) is 9.12. The van der Waals surface area contributed by atoms with Crippen LogP contribution in [0.5, 0.6) is 11.5 Å². The van der Waals surface area contributed by atoms with Crippen LogP contribution in [0.15, 0.2) is 29.3 Å². The van der Waals surface area contributed by atoms with E-state index in [9.17, 15) is 0 Å². The molecule has 182 valence electrons. The first kappa shape index (κ1) is 23.4. The Balaban J connectivity index is 1.45. The van der Waals surface area contributed by atoms with Crippen molar-refractivity contribution in [3.63, 3.8) is 0 Å². The van der Waals surface area contributed by atoms with Crippen molar-refractivity contribution in [1.29, 1.82) is 0 Å². The van der Waals surface area contributed by atoms with Crippen molar-refractivity contribution >= 4 is 11.4 Å². The van der Waals surface area contributed by atoms with Gasteiger partial charge in [-0.15, -0.1) is 0 Å². The van der Waals surface area contributed by atoms with Crippen LogP contribution in [0.2, 0.25) is 0 Å². The molecule has 0 atom stereocenters. The lowest BCUT2D eigenvalue weighted by atomic mass is 9.99. The number of hydrogen-bond acceptors (Lipinski definition) is 3. The van der Waals surface area contributed by atoms with Gasteiger partial charge >= 0.3 is 0 Å². The summed E-state index contributed by atoms with van der Waals surface area (Å²) in [6.45, 7) is 13.8. The van der Waals surface area contributed by atoms with E-state index in [1.807, 2.05) is 0 Å². The topological polar surface area (TPSA) is 27.8 Å². The maximum absolute atomic E-state index is 6.54. The van der Waals surface area contributed by atoms with E-state index in [2.05, 4.69) is 61.4 Å². The molecule has 0 radical (unpaired) electrons. The number of fused-ring (bicyclic) bond motifs is 4. The molecule has 3 aliphatic heterocycles. The molecule has 0 saturated heterocycles. The summed E-state index contributed by atoms with van der Waals surface area (Å²) in [7, 11) is 0. The number of aryl methyl sites for hydroxylation is 2.